The van der Waals surface area contributed by atoms with E-state index in [0.717, 1.165) is 5.56 Å². The fraction of sp³-hybridized carbons (Fsp3) is 0.556. The Bertz CT molecular complexity index is 530. The van der Waals surface area contributed by atoms with Gasteiger partial charge in [-0.1, -0.05) is 30.3 Å². The predicted molar refractivity (Wildman–Crippen MR) is 111 cm³/mol. The Balaban J connectivity index is 0.00000576. The third-order valence-corrected chi connectivity index (χ3v) is 3.03. The van der Waals surface area contributed by atoms with Crippen molar-refractivity contribution in [3.63, 3.8) is 0 Å². The van der Waals surface area contributed by atoms with Crippen molar-refractivity contribution in [1.29, 1.82) is 0 Å². The van der Waals surface area contributed by atoms with Crippen LogP contribution in [0.1, 0.15) is 45.8 Å². The first-order chi connectivity index (χ1) is 11.3. The Kier molecular flexibility index (Phi) is 11.4. The summed E-state index contributed by atoms with van der Waals surface area (Å²) in [4.78, 5) is 15.9. The molecule has 142 valence electrons. The normalized spacial score (nSPS) is 12.8. The quantitative estimate of drug-likeness (QED) is 0.251. The minimum atomic E-state index is -0.535. The zero-order valence-electron chi connectivity index (χ0n) is 15.4. The molecule has 0 radical (unpaired) electrons. The molecule has 1 unspecified atom stereocenters. The van der Waals surface area contributed by atoms with E-state index in [-0.39, 0.29) is 36.5 Å². The fourth-order valence-corrected chi connectivity index (χ4v) is 2.03. The minimum Gasteiger partial charge on any atom is -0.459 e. The van der Waals surface area contributed by atoms with Gasteiger partial charge in [0.2, 0.25) is 0 Å². The number of halogens is 1. The summed E-state index contributed by atoms with van der Waals surface area (Å²) in [7, 11) is 0. The van der Waals surface area contributed by atoms with Gasteiger partial charge in [0.1, 0.15) is 12.1 Å². The van der Waals surface area contributed by atoms with Crippen LogP contribution in [0.3, 0.4) is 0 Å². The summed E-state index contributed by atoms with van der Waals surface area (Å²) in [5, 5.41) is 16.3. The second kappa shape index (κ2) is 12.1. The van der Waals surface area contributed by atoms with Crippen molar-refractivity contribution in [3.8, 4) is 0 Å². The number of carbonyl (C=O) groups excluding carboxylic acids is 1. The first kappa shape index (κ1) is 23.6. The van der Waals surface area contributed by atoms with E-state index >= 15 is 0 Å². The maximum Gasteiger partial charge on any atom is 0.328 e. The topological polar surface area (TPSA) is 83.0 Å². The average molecular weight is 463 g/mol. The number of carbonyl (C=O) groups is 1. The van der Waals surface area contributed by atoms with Crippen LogP contribution in [0, 0.1) is 0 Å². The highest BCUT2D eigenvalue weighted by Gasteiger charge is 2.15. The average Bonchev–Trinajstić information content (AvgIpc) is 2.51. The molecular weight excluding hydrogens is 433 g/mol. The Morgan fingerprint density at radius 2 is 1.88 bits per heavy atom. The molecule has 0 spiro atoms. The number of guanidine groups is 1. The van der Waals surface area contributed by atoms with Gasteiger partial charge in [0, 0.05) is 13.1 Å². The van der Waals surface area contributed by atoms with Crippen LogP contribution in [-0.2, 0) is 9.53 Å². The van der Waals surface area contributed by atoms with Gasteiger partial charge in [-0.25, -0.2) is 4.99 Å². The zero-order chi connectivity index (χ0) is 18.0. The first-order valence-electron chi connectivity index (χ1n) is 8.29. The number of aliphatic hydroxyl groups is 1. The SMILES string of the molecule is CCNC(=NCC(=O)OC(C)(C)C)NCCC(O)c1ccccc1.I. The summed E-state index contributed by atoms with van der Waals surface area (Å²) in [5.41, 5.74) is 0.369. The Hall–Kier alpha value is -1.35. The number of nitrogens with one attached hydrogen (secondary N) is 2. The largest absolute Gasteiger partial charge is 0.459 e. The summed E-state index contributed by atoms with van der Waals surface area (Å²) < 4.78 is 5.23. The van der Waals surface area contributed by atoms with Gasteiger partial charge in [-0.15, -0.1) is 24.0 Å². The number of hydrogen-bond donors (Lipinski definition) is 3. The number of ether oxygens (including phenoxy) is 1. The van der Waals surface area contributed by atoms with Gasteiger partial charge in [-0.3, -0.25) is 4.79 Å². The van der Waals surface area contributed by atoms with Gasteiger partial charge in [0.15, 0.2) is 5.96 Å². The van der Waals surface area contributed by atoms with Crippen LogP contribution in [0.15, 0.2) is 35.3 Å². The second-order valence-corrected chi connectivity index (χ2v) is 6.42. The first-order valence-corrected chi connectivity index (χ1v) is 8.29. The summed E-state index contributed by atoms with van der Waals surface area (Å²) in [6.45, 7) is 8.59. The monoisotopic (exact) mass is 463 g/mol. The summed E-state index contributed by atoms with van der Waals surface area (Å²) in [6.07, 6.45) is 0.00774. The second-order valence-electron chi connectivity index (χ2n) is 6.42. The molecule has 0 heterocycles. The highest BCUT2D eigenvalue weighted by molar-refractivity contribution is 14.0. The van der Waals surface area contributed by atoms with Crippen LogP contribution >= 0.6 is 24.0 Å². The standard InChI is InChI=1S/C18H29N3O3.HI/c1-5-19-17(21-13-16(23)24-18(2,3)4)20-12-11-15(22)14-9-7-6-8-10-14;/h6-10,15,22H,5,11-13H2,1-4H3,(H2,19,20,21);1H. The lowest BCUT2D eigenvalue weighted by Crippen LogP contribution is -2.39. The molecule has 0 aliphatic carbocycles. The van der Waals surface area contributed by atoms with Crippen molar-refractivity contribution in [2.75, 3.05) is 19.6 Å². The van der Waals surface area contributed by atoms with Gasteiger partial charge >= 0.3 is 5.97 Å². The summed E-state index contributed by atoms with van der Waals surface area (Å²) in [6, 6.07) is 9.51. The molecule has 0 aliphatic rings. The molecule has 0 saturated carbocycles. The zero-order valence-corrected chi connectivity index (χ0v) is 17.7. The van der Waals surface area contributed by atoms with Crippen LogP contribution < -0.4 is 10.6 Å². The van der Waals surface area contributed by atoms with Crippen molar-refractivity contribution in [2.24, 2.45) is 4.99 Å². The summed E-state index contributed by atoms with van der Waals surface area (Å²) >= 11 is 0. The van der Waals surface area contributed by atoms with Crippen molar-refractivity contribution >= 4 is 35.9 Å². The molecule has 3 N–H and O–H groups in total. The Morgan fingerprint density at radius 1 is 1.24 bits per heavy atom. The molecular formula is C18H30IN3O3. The molecule has 1 rings (SSSR count). The van der Waals surface area contributed by atoms with Gasteiger partial charge < -0.3 is 20.5 Å². The van der Waals surface area contributed by atoms with Crippen molar-refractivity contribution in [2.45, 2.75) is 45.8 Å². The van der Waals surface area contributed by atoms with E-state index in [9.17, 15) is 9.90 Å². The minimum absolute atomic E-state index is 0. The maximum atomic E-state index is 11.7. The van der Waals surface area contributed by atoms with Gasteiger partial charge in [0.05, 0.1) is 6.10 Å². The lowest BCUT2D eigenvalue weighted by atomic mass is 10.1. The van der Waals surface area contributed by atoms with Gasteiger partial charge in [-0.05, 0) is 39.7 Å². The van der Waals surface area contributed by atoms with E-state index in [0.29, 0.717) is 25.5 Å². The number of aliphatic imine (C=N–C) groups is 1. The Labute approximate surface area is 167 Å². The lowest BCUT2D eigenvalue weighted by Gasteiger charge is -2.19. The predicted octanol–water partition coefficient (Wildman–Crippen LogP) is 2.62. The Morgan fingerprint density at radius 3 is 2.44 bits per heavy atom. The molecule has 1 atom stereocenters. The third kappa shape index (κ3) is 11.0. The number of hydrogen-bond acceptors (Lipinski definition) is 4. The molecule has 0 saturated heterocycles. The number of benzene rings is 1. The molecule has 0 aromatic heterocycles. The van der Waals surface area contributed by atoms with Crippen LogP contribution in [0.5, 0.6) is 0 Å². The van der Waals surface area contributed by atoms with Crippen LogP contribution in [0.2, 0.25) is 0 Å². The van der Waals surface area contributed by atoms with Crippen LogP contribution in [0.4, 0.5) is 0 Å². The molecule has 1 aromatic rings. The number of aliphatic hydroxyl groups excluding tert-OH is 1. The van der Waals surface area contributed by atoms with Crippen LogP contribution in [0.25, 0.3) is 0 Å². The number of nitrogens with zero attached hydrogens (tertiary/aromatic N) is 1. The van der Waals surface area contributed by atoms with E-state index in [1.54, 1.807) is 0 Å². The van der Waals surface area contributed by atoms with E-state index in [4.69, 9.17) is 4.74 Å². The number of esters is 1. The number of rotatable bonds is 7. The van der Waals surface area contributed by atoms with E-state index in [2.05, 4.69) is 15.6 Å². The van der Waals surface area contributed by atoms with Gasteiger partial charge in [-0.2, -0.15) is 0 Å². The molecule has 6 nitrogen and oxygen atoms in total. The van der Waals surface area contributed by atoms with Crippen molar-refractivity contribution in [1.82, 2.24) is 10.6 Å². The molecule has 0 bridgehead atoms. The highest BCUT2D eigenvalue weighted by atomic mass is 127. The van der Waals surface area contributed by atoms with Crippen LogP contribution in [-0.4, -0.2) is 42.3 Å². The van der Waals surface area contributed by atoms with E-state index in [1.165, 1.54) is 0 Å². The molecule has 0 fully saturated rings. The highest BCUT2D eigenvalue weighted by Crippen LogP contribution is 2.14. The molecule has 7 heteroatoms. The van der Waals surface area contributed by atoms with Crippen molar-refractivity contribution < 1.29 is 14.6 Å². The van der Waals surface area contributed by atoms with E-state index < -0.39 is 11.7 Å². The smallest absolute Gasteiger partial charge is 0.328 e. The van der Waals surface area contributed by atoms with Crippen molar-refractivity contribution in [3.05, 3.63) is 35.9 Å². The third-order valence-electron chi connectivity index (χ3n) is 3.03. The van der Waals surface area contributed by atoms with E-state index in [1.807, 2.05) is 58.0 Å². The molecule has 0 amide bonds. The summed E-state index contributed by atoms with van der Waals surface area (Å²) in [5.74, 6) is 0.160. The molecule has 25 heavy (non-hydrogen) atoms. The molecule has 1 aromatic carbocycles. The molecule has 0 aliphatic heterocycles. The fourth-order valence-electron chi connectivity index (χ4n) is 2.03. The lowest BCUT2D eigenvalue weighted by molar-refractivity contribution is -0.152. The van der Waals surface area contributed by atoms with Gasteiger partial charge in [0.25, 0.3) is 0 Å². The maximum absolute atomic E-state index is 11.7.